The minimum absolute atomic E-state index is 0.0299. The fraction of sp³-hybridized carbons (Fsp3) is 1.00. The number of hydrogen-bond donors (Lipinski definition) is 2. The molecule has 3 nitrogen and oxygen atoms in total. The normalized spacial score (nSPS) is 34.9. The molecule has 84 valence electrons. The van der Waals surface area contributed by atoms with Gasteiger partial charge < -0.3 is 15.9 Å². The molecule has 14 heavy (non-hydrogen) atoms. The summed E-state index contributed by atoms with van der Waals surface area (Å²) in [6, 6.07) is 1.20. The highest BCUT2D eigenvalue weighted by Crippen LogP contribution is 2.33. The summed E-state index contributed by atoms with van der Waals surface area (Å²) in [5.74, 6) is 0. The van der Waals surface area contributed by atoms with Crippen LogP contribution in [-0.4, -0.2) is 26.1 Å². The molecule has 0 bridgehead atoms. The summed E-state index contributed by atoms with van der Waals surface area (Å²) in [5, 5.41) is -0.257. The van der Waals surface area contributed by atoms with Crippen LogP contribution in [0, 0.1) is 0 Å². The van der Waals surface area contributed by atoms with Crippen molar-refractivity contribution in [3.63, 3.8) is 0 Å². The van der Waals surface area contributed by atoms with E-state index in [4.69, 9.17) is 15.9 Å². The van der Waals surface area contributed by atoms with E-state index in [2.05, 4.69) is 13.5 Å². The van der Waals surface area contributed by atoms with Gasteiger partial charge in [-0.25, -0.2) is 0 Å². The molecular weight excluding hydrogens is 192 g/mol. The zero-order valence-electron chi connectivity index (χ0n) is 9.68. The van der Waals surface area contributed by atoms with Gasteiger partial charge in [0.15, 0.2) is 0 Å². The van der Waals surface area contributed by atoms with E-state index in [1.54, 1.807) is 0 Å². The predicted molar refractivity (Wildman–Crippen MR) is 62.5 cm³/mol. The van der Waals surface area contributed by atoms with Crippen molar-refractivity contribution in [2.75, 3.05) is 6.61 Å². The molecular formula is C10H24N2OSi. The first-order valence-electron chi connectivity index (χ1n) is 5.65. The Morgan fingerprint density at radius 2 is 2.14 bits per heavy atom. The summed E-state index contributed by atoms with van der Waals surface area (Å²) in [4.78, 5) is 0. The highest BCUT2D eigenvalue weighted by Gasteiger charge is 2.50. The van der Waals surface area contributed by atoms with E-state index < -0.39 is 8.32 Å². The molecule has 4 heteroatoms. The first-order chi connectivity index (χ1) is 6.46. The molecule has 0 saturated carbocycles. The summed E-state index contributed by atoms with van der Waals surface area (Å²) in [7, 11) is -1.80. The van der Waals surface area contributed by atoms with Gasteiger partial charge in [0.1, 0.15) is 0 Å². The lowest BCUT2D eigenvalue weighted by molar-refractivity contribution is 0.234. The SMILES string of the molecule is CCC(N)(C(C)N)[Si]1(C)CCCCO1. The Labute approximate surface area is 88.3 Å². The fourth-order valence-electron chi connectivity index (χ4n) is 2.48. The molecule has 1 rings (SSSR count). The van der Waals surface area contributed by atoms with Crippen LogP contribution in [0.3, 0.4) is 0 Å². The highest BCUT2D eigenvalue weighted by molar-refractivity contribution is 6.76. The Balaban J connectivity index is 2.85. The van der Waals surface area contributed by atoms with Crippen LogP contribution in [0.4, 0.5) is 0 Å². The third-order valence-corrected chi connectivity index (χ3v) is 8.78. The molecule has 1 heterocycles. The minimum Gasteiger partial charge on any atom is -0.415 e. The zero-order valence-corrected chi connectivity index (χ0v) is 10.7. The van der Waals surface area contributed by atoms with Crippen LogP contribution in [0.15, 0.2) is 0 Å². The largest absolute Gasteiger partial charge is 0.415 e. The van der Waals surface area contributed by atoms with Crippen molar-refractivity contribution >= 4 is 8.32 Å². The molecule has 1 aliphatic rings. The van der Waals surface area contributed by atoms with Crippen LogP contribution in [0.25, 0.3) is 0 Å². The lowest BCUT2D eigenvalue weighted by Gasteiger charge is -2.48. The van der Waals surface area contributed by atoms with Crippen molar-refractivity contribution in [2.24, 2.45) is 11.5 Å². The first kappa shape index (κ1) is 12.2. The second-order valence-corrected chi connectivity index (χ2v) is 8.90. The topological polar surface area (TPSA) is 61.3 Å². The van der Waals surface area contributed by atoms with Gasteiger partial charge in [-0.15, -0.1) is 0 Å². The minimum atomic E-state index is -1.80. The van der Waals surface area contributed by atoms with Crippen molar-refractivity contribution < 1.29 is 4.43 Å². The summed E-state index contributed by atoms with van der Waals surface area (Å²) < 4.78 is 6.02. The lowest BCUT2D eigenvalue weighted by atomic mass is 10.1. The first-order valence-corrected chi connectivity index (χ1v) is 8.26. The second kappa shape index (κ2) is 4.31. The maximum Gasteiger partial charge on any atom is 0.210 e. The maximum atomic E-state index is 6.46. The third kappa shape index (κ3) is 1.89. The van der Waals surface area contributed by atoms with Crippen molar-refractivity contribution in [3.8, 4) is 0 Å². The van der Waals surface area contributed by atoms with Crippen molar-refractivity contribution in [2.45, 2.75) is 56.9 Å². The average molecular weight is 216 g/mol. The van der Waals surface area contributed by atoms with E-state index in [-0.39, 0.29) is 11.2 Å². The van der Waals surface area contributed by atoms with Gasteiger partial charge in [-0.2, -0.15) is 0 Å². The van der Waals surface area contributed by atoms with Gasteiger partial charge in [-0.1, -0.05) is 13.3 Å². The van der Waals surface area contributed by atoms with Gasteiger partial charge >= 0.3 is 0 Å². The Bertz CT molecular complexity index is 193. The van der Waals surface area contributed by atoms with E-state index in [1.807, 2.05) is 6.92 Å². The molecule has 0 aromatic carbocycles. The highest BCUT2D eigenvalue weighted by atomic mass is 28.4. The molecule has 1 aliphatic heterocycles. The second-order valence-electron chi connectivity index (χ2n) is 4.72. The van der Waals surface area contributed by atoms with Gasteiger partial charge in [-0.3, -0.25) is 0 Å². The van der Waals surface area contributed by atoms with Gasteiger partial charge in [0.2, 0.25) is 8.32 Å². The summed E-state index contributed by atoms with van der Waals surface area (Å²) in [6.07, 6.45) is 3.36. The molecule has 0 aromatic heterocycles. The van der Waals surface area contributed by atoms with E-state index in [1.165, 1.54) is 18.9 Å². The molecule has 3 atom stereocenters. The van der Waals surface area contributed by atoms with Crippen molar-refractivity contribution in [1.29, 1.82) is 0 Å². The van der Waals surface area contributed by atoms with Crippen LogP contribution in [-0.2, 0) is 4.43 Å². The van der Waals surface area contributed by atoms with Crippen molar-refractivity contribution in [1.82, 2.24) is 0 Å². The van der Waals surface area contributed by atoms with Crippen LogP contribution in [0.2, 0.25) is 12.6 Å². The fourth-order valence-corrected chi connectivity index (χ4v) is 6.59. The summed E-state index contributed by atoms with van der Waals surface area (Å²) in [6.45, 7) is 7.27. The predicted octanol–water partition coefficient (Wildman–Crippen LogP) is 1.37. The Kier molecular flexibility index (Phi) is 3.74. The molecule has 4 N–H and O–H groups in total. The Morgan fingerprint density at radius 3 is 2.50 bits per heavy atom. The lowest BCUT2D eigenvalue weighted by Crippen LogP contribution is -2.72. The van der Waals surface area contributed by atoms with E-state index >= 15 is 0 Å². The Hall–Kier alpha value is 0.0969. The van der Waals surface area contributed by atoms with E-state index in [0.29, 0.717) is 0 Å². The summed E-state index contributed by atoms with van der Waals surface area (Å²) in [5.41, 5.74) is 12.5. The number of hydrogen-bond acceptors (Lipinski definition) is 3. The van der Waals surface area contributed by atoms with Gasteiger partial charge in [0.05, 0.1) is 0 Å². The maximum absolute atomic E-state index is 6.46. The average Bonchev–Trinajstić information content (AvgIpc) is 2.17. The third-order valence-electron chi connectivity index (χ3n) is 3.85. The van der Waals surface area contributed by atoms with E-state index in [9.17, 15) is 0 Å². The van der Waals surface area contributed by atoms with Gasteiger partial charge in [0, 0.05) is 17.8 Å². The van der Waals surface area contributed by atoms with Crippen molar-refractivity contribution in [3.05, 3.63) is 0 Å². The van der Waals surface area contributed by atoms with Gasteiger partial charge in [-0.05, 0) is 32.4 Å². The van der Waals surface area contributed by atoms with Gasteiger partial charge in [0.25, 0.3) is 0 Å². The van der Waals surface area contributed by atoms with Crippen LogP contribution in [0.5, 0.6) is 0 Å². The number of nitrogens with two attached hydrogens (primary N) is 2. The molecule has 1 saturated heterocycles. The molecule has 0 amide bonds. The molecule has 3 unspecified atom stereocenters. The zero-order chi connectivity index (χ0) is 10.8. The molecule has 0 aromatic rings. The summed E-state index contributed by atoms with van der Waals surface area (Å²) >= 11 is 0. The molecule has 0 aliphatic carbocycles. The standard InChI is InChI=1S/C10H24N2OSi/c1-4-10(12,9(2)11)14(3)8-6-5-7-13-14/h9H,4-8,11-12H2,1-3H3. The van der Waals surface area contributed by atoms with Crippen LogP contribution < -0.4 is 11.5 Å². The molecule has 0 radical (unpaired) electrons. The Morgan fingerprint density at radius 1 is 1.50 bits per heavy atom. The number of rotatable bonds is 3. The monoisotopic (exact) mass is 216 g/mol. The quantitative estimate of drug-likeness (QED) is 0.700. The van der Waals surface area contributed by atoms with E-state index in [0.717, 1.165) is 13.0 Å². The molecule has 1 fully saturated rings. The van der Waals surface area contributed by atoms with Crippen LogP contribution in [0.1, 0.15) is 33.1 Å². The molecule has 0 spiro atoms. The van der Waals surface area contributed by atoms with Crippen LogP contribution >= 0.6 is 0 Å². The smallest absolute Gasteiger partial charge is 0.210 e.